The molecule has 1 nitrogen and oxygen atoms in total. The minimum atomic E-state index is 0.688. The van der Waals surface area contributed by atoms with Crippen molar-refractivity contribution in [3.63, 3.8) is 0 Å². The first-order valence-electron chi connectivity index (χ1n) is 8.01. The fraction of sp³-hybridized carbons (Fsp3) is 0.667. The molecule has 0 radical (unpaired) electrons. The number of benzene rings is 1. The van der Waals surface area contributed by atoms with Gasteiger partial charge in [0.2, 0.25) is 0 Å². The summed E-state index contributed by atoms with van der Waals surface area (Å²) in [6, 6.07) is 9.49. The zero-order chi connectivity index (χ0) is 14.5. The van der Waals surface area contributed by atoms with E-state index in [0.717, 1.165) is 29.4 Å². The average molecular weight is 292 g/mol. The molecule has 0 amide bonds. The van der Waals surface area contributed by atoms with Crippen molar-refractivity contribution in [2.45, 2.75) is 57.6 Å². The van der Waals surface area contributed by atoms with Gasteiger partial charge in [-0.1, -0.05) is 45.0 Å². The van der Waals surface area contributed by atoms with Crippen LogP contribution in [0.3, 0.4) is 0 Å². The molecule has 1 N–H and O–H groups in total. The fourth-order valence-electron chi connectivity index (χ4n) is 3.53. The van der Waals surface area contributed by atoms with E-state index >= 15 is 0 Å². The molecule has 2 heteroatoms. The smallest absolute Gasteiger partial charge is 0.0230 e. The van der Waals surface area contributed by atoms with E-state index in [9.17, 15) is 0 Å². The summed E-state index contributed by atoms with van der Waals surface area (Å²) >= 11 is 2.16. The molecule has 0 saturated heterocycles. The molecule has 20 heavy (non-hydrogen) atoms. The third-order valence-corrected chi connectivity index (χ3v) is 6.20. The zero-order valence-electron chi connectivity index (χ0n) is 13.4. The predicted molar refractivity (Wildman–Crippen MR) is 91.3 cm³/mol. The molecule has 1 aliphatic rings. The summed E-state index contributed by atoms with van der Waals surface area (Å²) in [6.45, 7) is 10.4. The van der Waals surface area contributed by atoms with Gasteiger partial charge in [0.25, 0.3) is 0 Å². The first-order chi connectivity index (χ1) is 9.61. The van der Waals surface area contributed by atoms with Crippen LogP contribution in [0.2, 0.25) is 0 Å². The number of hydrogen-bond donors (Lipinski definition) is 1. The van der Waals surface area contributed by atoms with Crippen molar-refractivity contribution in [1.29, 1.82) is 0 Å². The summed E-state index contributed by atoms with van der Waals surface area (Å²) in [4.78, 5) is 0. The summed E-state index contributed by atoms with van der Waals surface area (Å²) in [7, 11) is 0. The SMILES string of the molecule is CCNC1CC(C)CC(C)C1SCc1ccccc1C. The summed E-state index contributed by atoms with van der Waals surface area (Å²) < 4.78 is 0. The summed E-state index contributed by atoms with van der Waals surface area (Å²) in [5.41, 5.74) is 2.93. The van der Waals surface area contributed by atoms with Gasteiger partial charge in [-0.2, -0.15) is 11.8 Å². The highest BCUT2D eigenvalue weighted by Gasteiger charge is 2.33. The molecular formula is C18H29NS. The summed E-state index contributed by atoms with van der Waals surface area (Å²) in [6.07, 6.45) is 2.72. The highest BCUT2D eigenvalue weighted by molar-refractivity contribution is 7.99. The van der Waals surface area contributed by atoms with E-state index in [1.165, 1.54) is 24.0 Å². The highest BCUT2D eigenvalue weighted by Crippen LogP contribution is 2.38. The third-order valence-electron chi connectivity index (χ3n) is 4.55. The van der Waals surface area contributed by atoms with Gasteiger partial charge in [0.05, 0.1) is 0 Å². The molecule has 2 rings (SSSR count). The number of thioether (sulfide) groups is 1. The molecule has 1 fully saturated rings. The molecular weight excluding hydrogens is 262 g/mol. The Balaban J connectivity index is 2.00. The predicted octanol–water partition coefficient (Wildman–Crippen LogP) is 4.64. The molecule has 0 spiro atoms. The van der Waals surface area contributed by atoms with Crippen LogP contribution in [0.5, 0.6) is 0 Å². The minimum Gasteiger partial charge on any atom is -0.313 e. The lowest BCUT2D eigenvalue weighted by atomic mass is 9.80. The Kier molecular flexibility index (Phi) is 5.98. The van der Waals surface area contributed by atoms with Gasteiger partial charge in [-0.25, -0.2) is 0 Å². The third kappa shape index (κ3) is 4.02. The maximum absolute atomic E-state index is 3.73. The second-order valence-electron chi connectivity index (χ2n) is 6.42. The Labute approximate surface area is 128 Å². The molecule has 0 aromatic heterocycles. The number of rotatable bonds is 5. The minimum absolute atomic E-state index is 0.688. The van der Waals surface area contributed by atoms with Crippen LogP contribution in [0.1, 0.15) is 44.7 Å². The molecule has 1 aromatic rings. The van der Waals surface area contributed by atoms with Crippen LogP contribution in [0.25, 0.3) is 0 Å². The Morgan fingerprint density at radius 2 is 1.95 bits per heavy atom. The maximum Gasteiger partial charge on any atom is 0.0230 e. The van der Waals surface area contributed by atoms with Crippen LogP contribution < -0.4 is 5.32 Å². The lowest BCUT2D eigenvalue weighted by Gasteiger charge is -2.39. The Hall–Kier alpha value is -0.470. The molecule has 4 unspecified atom stereocenters. The molecule has 112 valence electrons. The second kappa shape index (κ2) is 7.51. The summed E-state index contributed by atoms with van der Waals surface area (Å²) in [5.74, 6) is 2.83. The van der Waals surface area contributed by atoms with E-state index in [1.807, 2.05) is 0 Å². The van der Waals surface area contributed by atoms with E-state index in [4.69, 9.17) is 0 Å². The Bertz CT molecular complexity index is 418. The average Bonchev–Trinajstić information content (AvgIpc) is 2.40. The van der Waals surface area contributed by atoms with Crippen LogP contribution in [0.4, 0.5) is 0 Å². The van der Waals surface area contributed by atoms with Gasteiger partial charge in [0.15, 0.2) is 0 Å². The number of hydrogen-bond acceptors (Lipinski definition) is 2. The van der Waals surface area contributed by atoms with Gasteiger partial charge >= 0.3 is 0 Å². The first kappa shape index (κ1) is 15.9. The fourth-order valence-corrected chi connectivity index (χ4v) is 5.10. The van der Waals surface area contributed by atoms with Crippen LogP contribution >= 0.6 is 11.8 Å². The Morgan fingerprint density at radius 1 is 1.20 bits per heavy atom. The lowest BCUT2D eigenvalue weighted by molar-refractivity contribution is 0.251. The number of aryl methyl sites for hydroxylation is 1. The molecule has 1 aliphatic carbocycles. The molecule has 1 saturated carbocycles. The molecule has 0 heterocycles. The van der Waals surface area contributed by atoms with Gasteiger partial charge in [-0.05, 0) is 49.3 Å². The lowest BCUT2D eigenvalue weighted by Crippen LogP contribution is -2.46. The highest BCUT2D eigenvalue weighted by atomic mass is 32.2. The van der Waals surface area contributed by atoms with Gasteiger partial charge in [0, 0.05) is 17.0 Å². The molecule has 4 atom stereocenters. The van der Waals surface area contributed by atoms with Crippen LogP contribution in [-0.4, -0.2) is 17.8 Å². The van der Waals surface area contributed by atoms with E-state index in [1.54, 1.807) is 0 Å². The standard InChI is InChI=1S/C18H29NS/c1-5-19-17-11-13(2)10-15(4)18(17)20-12-16-9-7-6-8-14(16)3/h6-9,13,15,17-19H,5,10-12H2,1-4H3. The van der Waals surface area contributed by atoms with Crippen molar-refractivity contribution in [3.05, 3.63) is 35.4 Å². The van der Waals surface area contributed by atoms with Gasteiger partial charge in [-0.15, -0.1) is 0 Å². The van der Waals surface area contributed by atoms with E-state index < -0.39 is 0 Å². The summed E-state index contributed by atoms with van der Waals surface area (Å²) in [5, 5.41) is 4.48. The van der Waals surface area contributed by atoms with Crippen molar-refractivity contribution < 1.29 is 0 Å². The maximum atomic E-state index is 3.73. The topological polar surface area (TPSA) is 12.0 Å². The second-order valence-corrected chi connectivity index (χ2v) is 7.59. The molecule has 0 aliphatic heterocycles. The van der Waals surface area contributed by atoms with Gasteiger partial charge in [-0.3, -0.25) is 0 Å². The normalized spacial score (nSPS) is 30.4. The van der Waals surface area contributed by atoms with Crippen molar-refractivity contribution in [2.75, 3.05) is 6.54 Å². The molecule has 0 bridgehead atoms. The van der Waals surface area contributed by atoms with Gasteiger partial charge < -0.3 is 5.32 Å². The van der Waals surface area contributed by atoms with Crippen molar-refractivity contribution in [2.24, 2.45) is 11.8 Å². The Morgan fingerprint density at radius 3 is 2.65 bits per heavy atom. The first-order valence-corrected chi connectivity index (χ1v) is 9.06. The number of nitrogens with one attached hydrogen (secondary N) is 1. The van der Waals surface area contributed by atoms with Gasteiger partial charge in [0.1, 0.15) is 0 Å². The largest absolute Gasteiger partial charge is 0.313 e. The van der Waals surface area contributed by atoms with Crippen molar-refractivity contribution in [3.8, 4) is 0 Å². The van der Waals surface area contributed by atoms with E-state index in [-0.39, 0.29) is 0 Å². The van der Waals surface area contributed by atoms with E-state index in [2.05, 4.69) is 69.0 Å². The zero-order valence-corrected chi connectivity index (χ0v) is 14.2. The van der Waals surface area contributed by atoms with Crippen molar-refractivity contribution in [1.82, 2.24) is 5.32 Å². The van der Waals surface area contributed by atoms with Crippen molar-refractivity contribution >= 4 is 11.8 Å². The van der Waals surface area contributed by atoms with E-state index in [0.29, 0.717) is 6.04 Å². The quantitative estimate of drug-likeness (QED) is 0.848. The van der Waals surface area contributed by atoms with Crippen LogP contribution in [0, 0.1) is 18.8 Å². The van der Waals surface area contributed by atoms with Crippen LogP contribution in [0.15, 0.2) is 24.3 Å². The van der Waals surface area contributed by atoms with Crippen LogP contribution in [-0.2, 0) is 5.75 Å². The monoisotopic (exact) mass is 291 g/mol. The molecule has 1 aromatic carbocycles.